The molecule has 0 saturated carbocycles. The predicted molar refractivity (Wildman–Crippen MR) is 104 cm³/mol. The maximum atomic E-state index is 11.4. The SMILES string of the molecule is Cc1cccc(Cn2nnc(-c3cccc(C(C)(O)CS(N)(=O)=O)n3)n2)c1C. The Bertz CT molecular complexity index is 1110. The van der Waals surface area contributed by atoms with E-state index < -0.39 is 21.4 Å². The molecule has 9 nitrogen and oxygen atoms in total. The zero-order valence-corrected chi connectivity index (χ0v) is 16.7. The number of aryl methyl sites for hydroxylation is 1. The van der Waals surface area contributed by atoms with Crippen LogP contribution in [-0.4, -0.2) is 44.5 Å². The molecular formula is C18H22N6O3S. The van der Waals surface area contributed by atoms with Crippen LogP contribution in [0.15, 0.2) is 36.4 Å². The second-order valence-corrected chi connectivity index (χ2v) is 8.61. The maximum absolute atomic E-state index is 11.4. The number of nitrogens with zero attached hydrogens (tertiary/aromatic N) is 5. The van der Waals surface area contributed by atoms with Crippen molar-refractivity contribution in [3.63, 3.8) is 0 Å². The number of hydrogen-bond donors (Lipinski definition) is 2. The zero-order chi connectivity index (χ0) is 20.5. The number of nitrogens with two attached hydrogens (primary N) is 1. The first-order valence-electron chi connectivity index (χ1n) is 8.59. The second kappa shape index (κ2) is 7.38. The molecule has 0 spiro atoms. The number of sulfonamides is 1. The number of rotatable bonds is 6. The van der Waals surface area contributed by atoms with Gasteiger partial charge < -0.3 is 5.11 Å². The van der Waals surface area contributed by atoms with Gasteiger partial charge in [0.2, 0.25) is 15.8 Å². The summed E-state index contributed by atoms with van der Waals surface area (Å²) < 4.78 is 22.7. The van der Waals surface area contributed by atoms with Gasteiger partial charge in [-0.2, -0.15) is 4.80 Å². The van der Waals surface area contributed by atoms with Gasteiger partial charge in [0.25, 0.3) is 0 Å². The van der Waals surface area contributed by atoms with Crippen LogP contribution in [0.4, 0.5) is 0 Å². The molecule has 3 rings (SSSR count). The minimum Gasteiger partial charge on any atom is -0.383 e. The van der Waals surface area contributed by atoms with Gasteiger partial charge in [-0.15, -0.1) is 10.2 Å². The Balaban J connectivity index is 1.87. The molecule has 0 fully saturated rings. The molecule has 3 aromatic rings. The van der Waals surface area contributed by atoms with Crippen LogP contribution in [0.5, 0.6) is 0 Å². The van der Waals surface area contributed by atoms with Crippen molar-refractivity contribution in [3.8, 4) is 11.5 Å². The average Bonchev–Trinajstić information content (AvgIpc) is 3.06. The lowest BCUT2D eigenvalue weighted by atomic mass is 10.0. The summed E-state index contributed by atoms with van der Waals surface area (Å²) in [4.78, 5) is 5.77. The third-order valence-electron chi connectivity index (χ3n) is 4.49. The van der Waals surface area contributed by atoms with E-state index in [9.17, 15) is 13.5 Å². The zero-order valence-electron chi connectivity index (χ0n) is 15.9. The number of primary sulfonamides is 1. The lowest BCUT2D eigenvalue weighted by molar-refractivity contribution is 0.0773. The van der Waals surface area contributed by atoms with Gasteiger partial charge in [0.15, 0.2) is 0 Å². The van der Waals surface area contributed by atoms with Crippen LogP contribution in [0.25, 0.3) is 11.5 Å². The maximum Gasteiger partial charge on any atom is 0.223 e. The van der Waals surface area contributed by atoms with Crippen molar-refractivity contribution >= 4 is 10.0 Å². The minimum absolute atomic E-state index is 0.157. The van der Waals surface area contributed by atoms with Crippen LogP contribution in [0.2, 0.25) is 0 Å². The quantitative estimate of drug-likeness (QED) is 0.625. The average molecular weight is 402 g/mol. The van der Waals surface area contributed by atoms with Gasteiger partial charge in [0.1, 0.15) is 11.3 Å². The van der Waals surface area contributed by atoms with E-state index in [0.717, 1.165) is 5.56 Å². The number of benzene rings is 1. The Kier molecular flexibility index (Phi) is 5.28. The summed E-state index contributed by atoms with van der Waals surface area (Å²) >= 11 is 0. The second-order valence-electron chi connectivity index (χ2n) is 6.99. The van der Waals surface area contributed by atoms with Crippen molar-refractivity contribution in [3.05, 3.63) is 58.8 Å². The molecule has 1 aromatic carbocycles. The monoisotopic (exact) mass is 402 g/mol. The minimum atomic E-state index is -3.88. The lowest BCUT2D eigenvalue weighted by Crippen LogP contribution is -2.35. The van der Waals surface area contributed by atoms with E-state index in [1.165, 1.54) is 28.9 Å². The number of aliphatic hydroxyl groups is 1. The molecule has 1 atom stereocenters. The molecular weight excluding hydrogens is 380 g/mol. The van der Waals surface area contributed by atoms with Crippen LogP contribution in [0.3, 0.4) is 0 Å². The number of hydrogen-bond acceptors (Lipinski definition) is 7. The molecule has 3 N–H and O–H groups in total. The Morgan fingerprint density at radius 3 is 2.61 bits per heavy atom. The largest absolute Gasteiger partial charge is 0.383 e. The Hall–Kier alpha value is -2.69. The normalized spacial score (nSPS) is 14.0. The van der Waals surface area contributed by atoms with Gasteiger partial charge in [-0.3, -0.25) is 0 Å². The molecule has 10 heteroatoms. The van der Waals surface area contributed by atoms with E-state index in [2.05, 4.69) is 20.4 Å². The molecule has 0 radical (unpaired) electrons. The first kappa shape index (κ1) is 20.1. The van der Waals surface area contributed by atoms with Crippen molar-refractivity contribution in [2.45, 2.75) is 32.9 Å². The van der Waals surface area contributed by atoms with Crippen molar-refractivity contribution in [2.75, 3.05) is 5.75 Å². The van der Waals surface area contributed by atoms with E-state index in [-0.39, 0.29) is 11.5 Å². The van der Waals surface area contributed by atoms with Crippen LogP contribution in [0.1, 0.15) is 29.3 Å². The fourth-order valence-corrected chi connectivity index (χ4v) is 3.80. The van der Waals surface area contributed by atoms with Gasteiger partial charge >= 0.3 is 0 Å². The fourth-order valence-electron chi connectivity index (χ4n) is 2.87. The highest BCUT2D eigenvalue weighted by Gasteiger charge is 2.30. The summed E-state index contributed by atoms with van der Waals surface area (Å²) in [7, 11) is -3.88. The molecule has 1 unspecified atom stereocenters. The van der Waals surface area contributed by atoms with Crippen molar-refractivity contribution in [1.82, 2.24) is 25.2 Å². The van der Waals surface area contributed by atoms with Gasteiger partial charge in [0, 0.05) is 0 Å². The standard InChI is InChI=1S/C18H22N6O3S/c1-12-6-4-7-14(13(12)2)10-24-22-17(21-23-24)15-8-5-9-16(20-15)18(3,25)11-28(19,26)27/h4-9,25H,10-11H2,1-3H3,(H2,19,26,27). The highest BCUT2D eigenvalue weighted by Crippen LogP contribution is 2.22. The van der Waals surface area contributed by atoms with Crippen molar-refractivity contribution in [2.24, 2.45) is 5.14 Å². The molecule has 28 heavy (non-hydrogen) atoms. The summed E-state index contributed by atoms with van der Waals surface area (Å²) in [6.07, 6.45) is 0. The van der Waals surface area contributed by atoms with E-state index >= 15 is 0 Å². The summed E-state index contributed by atoms with van der Waals surface area (Å²) in [5.74, 6) is -0.373. The summed E-state index contributed by atoms with van der Waals surface area (Å²) in [6.45, 7) is 5.89. The molecule has 0 aliphatic carbocycles. The van der Waals surface area contributed by atoms with Crippen molar-refractivity contribution < 1.29 is 13.5 Å². The summed E-state index contributed by atoms with van der Waals surface area (Å²) in [6, 6.07) is 10.9. The van der Waals surface area contributed by atoms with Gasteiger partial charge in [-0.1, -0.05) is 24.3 Å². The third kappa shape index (κ3) is 4.58. The molecule has 0 saturated heterocycles. The molecule has 0 bridgehead atoms. The topological polar surface area (TPSA) is 137 Å². The van der Waals surface area contributed by atoms with Gasteiger partial charge in [-0.25, -0.2) is 18.5 Å². The highest BCUT2D eigenvalue weighted by molar-refractivity contribution is 7.89. The van der Waals surface area contributed by atoms with E-state index in [1.807, 2.05) is 32.0 Å². The van der Waals surface area contributed by atoms with Gasteiger partial charge in [-0.05, 0) is 54.8 Å². The predicted octanol–water partition coefficient (Wildman–Crippen LogP) is 0.896. The number of aromatic nitrogens is 5. The van der Waals surface area contributed by atoms with Crippen LogP contribution < -0.4 is 5.14 Å². The Morgan fingerprint density at radius 1 is 1.18 bits per heavy atom. The van der Waals surface area contributed by atoms with Crippen LogP contribution in [-0.2, 0) is 22.2 Å². The number of pyridine rings is 1. The fraction of sp³-hybridized carbons (Fsp3) is 0.333. The Morgan fingerprint density at radius 2 is 1.89 bits per heavy atom. The van der Waals surface area contributed by atoms with Crippen molar-refractivity contribution in [1.29, 1.82) is 0 Å². The third-order valence-corrected chi connectivity index (χ3v) is 5.46. The first-order valence-corrected chi connectivity index (χ1v) is 10.3. The smallest absolute Gasteiger partial charge is 0.223 e. The van der Waals surface area contributed by atoms with E-state index in [0.29, 0.717) is 12.2 Å². The van der Waals surface area contributed by atoms with Crippen LogP contribution >= 0.6 is 0 Å². The molecule has 2 heterocycles. The summed E-state index contributed by atoms with van der Waals surface area (Å²) in [5.41, 5.74) is 2.23. The number of tetrazole rings is 1. The molecule has 2 aromatic heterocycles. The van der Waals surface area contributed by atoms with Gasteiger partial charge in [0.05, 0.1) is 18.0 Å². The highest BCUT2D eigenvalue weighted by atomic mass is 32.2. The summed E-state index contributed by atoms with van der Waals surface area (Å²) in [5, 5.41) is 28.0. The molecule has 0 aliphatic heterocycles. The first-order chi connectivity index (χ1) is 13.0. The van der Waals surface area contributed by atoms with Crippen LogP contribution in [0, 0.1) is 13.8 Å². The molecule has 148 valence electrons. The Labute approximate surface area is 163 Å². The lowest BCUT2D eigenvalue weighted by Gasteiger charge is -2.21. The molecule has 0 amide bonds. The van der Waals surface area contributed by atoms with E-state index in [1.54, 1.807) is 12.1 Å². The van der Waals surface area contributed by atoms with E-state index in [4.69, 9.17) is 5.14 Å². The molecule has 0 aliphatic rings.